The fourth-order valence-electron chi connectivity index (χ4n) is 6.32. The number of fused-ring (bicyclic) bond motifs is 1. The summed E-state index contributed by atoms with van der Waals surface area (Å²) in [5, 5.41) is 7.00. The van der Waals surface area contributed by atoms with Crippen molar-refractivity contribution in [3.8, 4) is 11.3 Å². The number of hydrogen-bond acceptors (Lipinski definition) is 6. The molecule has 4 aromatic rings. The zero-order valence-corrected chi connectivity index (χ0v) is 25.2. The molecule has 0 radical (unpaired) electrons. The fraction of sp³-hybridized carbons (Fsp3) is 0.333. The van der Waals surface area contributed by atoms with Crippen molar-refractivity contribution in [2.75, 3.05) is 44.6 Å². The minimum atomic E-state index is -0.887. The summed E-state index contributed by atoms with van der Waals surface area (Å²) in [4.78, 5) is 13.8. The molecule has 2 aliphatic rings. The zero-order chi connectivity index (χ0) is 30.3. The summed E-state index contributed by atoms with van der Waals surface area (Å²) in [6.45, 7) is 18.4. The molecule has 2 aromatic heterocycles. The molecule has 4 heterocycles. The van der Waals surface area contributed by atoms with Crippen molar-refractivity contribution in [3.05, 3.63) is 96.1 Å². The summed E-state index contributed by atoms with van der Waals surface area (Å²) < 4.78 is 30.8. The van der Waals surface area contributed by atoms with Crippen molar-refractivity contribution in [1.29, 1.82) is 0 Å². The highest BCUT2D eigenvalue weighted by Crippen LogP contribution is 2.42. The van der Waals surface area contributed by atoms with Crippen LogP contribution in [0.3, 0.4) is 0 Å². The number of nitrogens with zero attached hydrogens (tertiary/aromatic N) is 5. The number of benzene rings is 2. The maximum Gasteiger partial charge on any atom is 0.180 e. The monoisotopic (exact) mass is 581 g/mol. The van der Waals surface area contributed by atoms with Crippen LogP contribution in [0.4, 0.5) is 20.3 Å². The van der Waals surface area contributed by atoms with Crippen LogP contribution in [0, 0.1) is 25.5 Å². The number of piperazine rings is 1. The van der Waals surface area contributed by atoms with E-state index in [0.717, 1.165) is 74.6 Å². The number of halogens is 2. The fourth-order valence-corrected chi connectivity index (χ4v) is 6.32. The summed E-state index contributed by atoms with van der Waals surface area (Å²) in [7, 11) is 2.35. The molecule has 0 spiro atoms. The number of imidazole rings is 1. The molecular weight excluding hydrogens is 543 g/mol. The van der Waals surface area contributed by atoms with Crippen LogP contribution >= 0.6 is 0 Å². The van der Waals surface area contributed by atoms with Crippen LogP contribution in [-0.2, 0) is 0 Å². The lowest BCUT2D eigenvalue weighted by Crippen LogP contribution is -2.47. The van der Waals surface area contributed by atoms with Gasteiger partial charge in [0.25, 0.3) is 0 Å². The van der Waals surface area contributed by atoms with Crippen LogP contribution in [0.25, 0.3) is 22.6 Å². The maximum atomic E-state index is 14.8. The number of allylic oxidation sites excluding steroid dienone is 1. The minimum Gasteiger partial charge on any atom is -0.372 e. The Bertz CT molecular complexity index is 1700. The van der Waals surface area contributed by atoms with Crippen LogP contribution in [-0.4, -0.2) is 71.3 Å². The van der Waals surface area contributed by atoms with Gasteiger partial charge in [0.05, 0.1) is 11.9 Å². The van der Waals surface area contributed by atoms with Crippen molar-refractivity contribution in [1.82, 2.24) is 29.5 Å². The molecule has 0 unspecified atom stereocenters. The second-order valence-electron chi connectivity index (χ2n) is 12.0. The van der Waals surface area contributed by atoms with Gasteiger partial charge in [0.1, 0.15) is 7.85 Å². The molecule has 2 aromatic carbocycles. The third-order valence-corrected chi connectivity index (χ3v) is 9.23. The second-order valence-corrected chi connectivity index (χ2v) is 12.0. The number of hydrogen-bond donors (Lipinski definition) is 2. The molecule has 10 heteroatoms. The molecule has 0 atom stereocenters. The van der Waals surface area contributed by atoms with Crippen molar-refractivity contribution in [2.24, 2.45) is 0 Å². The number of nitrogens with one attached hydrogen (secondary N) is 2. The van der Waals surface area contributed by atoms with Crippen molar-refractivity contribution < 1.29 is 8.78 Å². The first-order valence-corrected chi connectivity index (χ1v) is 14.9. The van der Waals surface area contributed by atoms with Gasteiger partial charge in [0.15, 0.2) is 23.1 Å². The largest absolute Gasteiger partial charge is 0.372 e. The summed E-state index contributed by atoms with van der Waals surface area (Å²) in [6.07, 6.45) is 7.12. The van der Waals surface area contributed by atoms with Gasteiger partial charge in [-0.15, -0.1) is 0 Å². The van der Waals surface area contributed by atoms with Gasteiger partial charge in [-0.2, -0.15) is 0 Å². The average Bonchev–Trinajstić information content (AvgIpc) is 3.45. The first kappa shape index (κ1) is 28.9. The maximum absolute atomic E-state index is 14.8. The average molecular weight is 582 g/mol. The van der Waals surface area contributed by atoms with Gasteiger partial charge >= 0.3 is 0 Å². The summed E-state index contributed by atoms with van der Waals surface area (Å²) >= 11 is 0. The SMILES string of the molecule is BC1(C(=C)N2CCN(C(=C)c3ccc(Nc4nccn5c(-c6ccc(C)c(F)c6F)cnc45)cc3C)CC2)CCNCC1. The van der Waals surface area contributed by atoms with E-state index in [-0.39, 0.29) is 16.4 Å². The van der Waals surface area contributed by atoms with Crippen LogP contribution in [0.1, 0.15) is 29.5 Å². The van der Waals surface area contributed by atoms with E-state index in [1.54, 1.807) is 35.9 Å². The Balaban J connectivity index is 1.15. The van der Waals surface area contributed by atoms with Gasteiger partial charge in [-0.1, -0.05) is 25.3 Å². The molecule has 6 rings (SSSR count). The Morgan fingerprint density at radius 2 is 1.67 bits per heavy atom. The van der Waals surface area contributed by atoms with Crippen molar-refractivity contribution in [3.63, 3.8) is 0 Å². The van der Waals surface area contributed by atoms with Crippen LogP contribution < -0.4 is 10.6 Å². The molecule has 0 aliphatic carbocycles. The van der Waals surface area contributed by atoms with Crippen molar-refractivity contribution >= 4 is 30.7 Å². The summed E-state index contributed by atoms with van der Waals surface area (Å²) in [5.41, 5.74) is 6.72. The van der Waals surface area contributed by atoms with E-state index in [1.807, 2.05) is 6.07 Å². The van der Waals surface area contributed by atoms with Crippen LogP contribution in [0.15, 0.2) is 67.8 Å². The molecule has 2 aliphatic heterocycles. The van der Waals surface area contributed by atoms with E-state index < -0.39 is 11.6 Å². The Hall–Kier alpha value is -4.18. The van der Waals surface area contributed by atoms with Gasteiger partial charge in [-0.3, -0.25) is 4.40 Å². The molecule has 222 valence electrons. The van der Waals surface area contributed by atoms with Gasteiger partial charge in [0.2, 0.25) is 0 Å². The van der Waals surface area contributed by atoms with E-state index >= 15 is 0 Å². The third-order valence-electron chi connectivity index (χ3n) is 9.23. The van der Waals surface area contributed by atoms with Crippen molar-refractivity contribution in [2.45, 2.75) is 32.0 Å². The van der Waals surface area contributed by atoms with E-state index in [2.05, 4.69) is 70.5 Å². The number of aromatic nitrogens is 3. The lowest BCUT2D eigenvalue weighted by atomic mass is 9.60. The van der Waals surface area contributed by atoms with Crippen LogP contribution in [0.2, 0.25) is 5.31 Å². The van der Waals surface area contributed by atoms with E-state index in [9.17, 15) is 8.78 Å². The lowest BCUT2D eigenvalue weighted by Gasteiger charge is -2.46. The number of piperidine rings is 1. The van der Waals surface area contributed by atoms with Gasteiger partial charge < -0.3 is 20.4 Å². The Morgan fingerprint density at radius 3 is 2.40 bits per heavy atom. The highest BCUT2D eigenvalue weighted by Gasteiger charge is 2.34. The quantitative estimate of drug-likeness (QED) is 0.289. The molecule has 43 heavy (non-hydrogen) atoms. The molecule has 2 N–H and O–H groups in total. The first-order chi connectivity index (χ1) is 20.7. The lowest BCUT2D eigenvalue weighted by molar-refractivity contribution is 0.193. The predicted molar refractivity (Wildman–Crippen MR) is 172 cm³/mol. The third kappa shape index (κ3) is 5.40. The highest BCUT2D eigenvalue weighted by atomic mass is 19.2. The molecular formula is C33H38BF2N7. The normalized spacial score (nSPS) is 16.8. The van der Waals surface area contributed by atoms with Gasteiger partial charge in [-0.25, -0.2) is 18.7 Å². The zero-order valence-electron chi connectivity index (χ0n) is 25.2. The number of aryl methyl sites for hydroxylation is 2. The molecule has 2 fully saturated rings. The first-order valence-electron chi connectivity index (χ1n) is 14.9. The second kappa shape index (κ2) is 11.5. The number of rotatable bonds is 7. The number of anilines is 2. The summed E-state index contributed by atoms with van der Waals surface area (Å²) in [6, 6.07) is 9.31. The topological polar surface area (TPSA) is 60.7 Å². The highest BCUT2D eigenvalue weighted by molar-refractivity contribution is 6.17. The van der Waals surface area contributed by atoms with Crippen LogP contribution in [0.5, 0.6) is 0 Å². The predicted octanol–water partition coefficient (Wildman–Crippen LogP) is 5.31. The Labute approximate surface area is 252 Å². The van der Waals surface area contributed by atoms with Gasteiger partial charge in [0, 0.05) is 66.8 Å². The molecule has 0 amide bonds. The summed E-state index contributed by atoms with van der Waals surface area (Å²) in [5.74, 6) is -1.22. The Kier molecular flexibility index (Phi) is 7.73. The van der Waals surface area contributed by atoms with E-state index in [1.165, 1.54) is 11.9 Å². The van der Waals surface area contributed by atoms with E-state index in [0.29, 0.717) is 17.2 Å². The Morgan fingerprint density at radius 1 is 0.953 bits per heavy atom. The van der Waals surface area contributed by atoms with Gasteiger partial charge in [-0.05, 0) is 74.4 Å². The van der Waals surface area contributed by atoms with E-state index in [4.69, 9.17) is 0 Å². The minimum absolute atomic E-state index is 0.150. The molecule has 0 bridgehead atoms. The molecule has 7 nitrogen and oxygen atoms in total. The molecule has 0 saturated carbocycles. The standard InChI is InChI=1S/C33H38BF2N7/c1-21-5-7-27(30(36)29(21)35)28-20-39-32-31(38-13-14-43(28)32)40-25-6-8-26(22(2)19-25)23(3)41-15-17-42(18-16-41)24(4)33(34)9-11-37-12-10-33/h5-8,13-14,19-20,37H,3-4,9-12,15-18,34H2,1-2H3,(H,38,40). The smallest absolute Gasteiger partial charge is 0.180 e. The molecule has 2 saturated heterocycles.